The predicted molar refractivity (Wildman–Crippen MR) is 76.3 cm³/mol. The van der Waals surface area contributed by atoms with Crippen LogP contribution < -0.4 is 5.43 Å². The lowest BCUT2D eigenvalue weighted by atomic mass is 10.1. The first-order valence-electron chi connectivity index (χ1n) is 6.57. The molecule has 0 amide bonds. The lowest BCUT2D eigenvalue weighted by molar-refractivity contribution is -0.138. The lowest BCUT2D eigenvalue weighted by Gasteiger charge is -2.35. The van der Waals surface area contributed by atoms with Crippen LogP contribution in [0.15, 0.2) is 17.5 Å². The minimum absolute atomic E-state index is 0.0282. The molecule has 1 fully saturated rings. The maximum Gasteiger partial charge on any atom is 0.304 e. The van der Waals surface area contributed by atoms with E-state index in [-0.39, 0.29) is 12.5 Å². The number of hydrogen-bond donors (Lipinski definition) is 2. The number of likely N-dealkylation sites (N-methyl/N-ethyl adjacent to an activating group) is 1. The maximum absolute atomic E-state index is 11.0. The van der Waals surface area contributed by atoms with Crippen LogP contribution in [-0.2, 0) is 11.2 Å². The first-order valence-corrected chi connectivity index (χ1v) is 7.45. The SMILES string of the molecule is CN1CCN(NC(CC(=O)O)Cc2cccs2)CC1. The van der Waals surface area contributed by atoms with Crippen LogP contribution in [0, 0.1) is 0 Å². The number of nitrogens with one attached hydrogen (secondary N) is 1. The van der Waals surface area contributed by atoms with Crippen molar-refractivity contribution in [2.24, 2.45) is 0 Å². The van der Waals surface area contributed by atoms with E-state index in [0.717, 1.165) is 32.6 Å². The zero-order chi connectivity index (χ0) is 13.7. The Kier molecular flexibility index (Phi) is 5.33. The van der Waals surface area contributed by atoms with Crippen LogP contribution >= 0.6 is 11.3 Å². The van der Waals surface area contributed by atoms with Crippen molar-refractivity contribution in [3.05, 3.63) is 22.4 Å². The molecule has 2 rings (SSSR count). The molecule has 6 heteroatoms. The van der Waals surface area contributed by atoms with Crippen molar-refractivity contribution in [2.75, 3.05) is 33.2 Å². The fourth-order valence-corrected chi connectivity index (χ4v) is 3.03. The van der Waals surface area contributed by atoms with Crippen molar-refractivity contribution in [3.63, 3.8) is 0 Å². The summed E-state index contributed by atoms with van der Waals surface area (Å²) in [5.74, 6) is -0.747. The summed E-state index contributed by atoms with van der Waals surface area (Å²) in [6.07, 6.45) is 0.931. The summed E-state index contributed by atoms with van der Waals surface area (Å²) in [6, 6.07) is 4.04. The van der Waals surface area contributed by atoms with Gasteiger partial charge in [-0.1, -0.05) is 6.07 Å². The Morgan fingerprint density at radius 1 is 1.47 bits per heavy atom. The van der Waals surface area contributed by atoms with Gasteiger partial charge in [0.1, 0.15) is 0 Å². The molecule has 1 aliphatic rings. The monoisotopic (exact) mass is 283 g/mol. The Morgan fingerprint density at radius 2 is 2.21 bits per heavy atom. The largest absolute Gasteiger partial charge is 0.481 e. The van der Waals surface area contributed by atoms with Gasteiger partial charge < -0.3 is 10.0 Å². The summed E-state index contributed by atoms with van der Waals surface area (Å²) in [4.78, 5) is 14.5. The van der Waals surface area contributed by atoms with Gasteiger partial charge >= 0.3 is 5.97 Å². The zero-order valence-corrected chi connectivity index (χ0v) is 12.0. The van der Waals surface area contributed by atoms with E-state index >= 15 is 0 Å². The summed E-state index contributed by atoms with van der Waals surface area (Å²) in [6.45, 7) is 3.92. The molecule has 106 valence electrons. The number of carbonyl (C=O) groups is 1. The van der Waals surface area contributed by atoms with E-state index in [1.165, 1.54) is 4.88 Å². The Bertz CT molecular complexity index is 389. The first kappa shape index (κ1) is 14.5. The molecular weight excluding hydrogens is 262 g/mol. The van der Waals surface area contributed by atoms with E-state index in [1.807, 2.05) is 11.4 Å². The van der Waals surface area contributed by atoms with Gasteiger partial charge in [0.25, 0.3) is 0 Å². The van der Waals surface area contributed by atoms with Crippen LogP contribution in [0.4, 0.5) is 0 Å². The Labute approximate surface area is 117 Å². The Hall–Kier alpha value is -0.950. The molecule has 0 bridgehead atoms. The van der Waals surface area contributed by atoms with Crippen molar-refractivity contribution in [1.82, 2.24) is 15.3 Å². The molecule has 1 atom stereocenters. The highest BCUT2D eigenvalue weighted by Crippen LogP contribution is 2.13. The first-order chi connectivity index (χ1) is 9.13. The number of aliphatic carboxylic acids is 1. The summed E-state index contributed by atoms with van der Waals surface area (Å²) < 4.78 is 0. The van der Waals surface area contributed by atoms with Gasteiger partial charge in [-0.25, -0.2) is 5.01 Å². The molecule has 1 saturated heterocycles. The summed E-state index contributed by atoms with van der Waals surface area (Å²) in [7, 11) is 2.11. The van der Waals surface area contributed by atoms with Crippen LogP contribution in [-0.4, -0.2) is 60.3 Å². The third-order valence-electron chi connectivity index (χ3n) is 3.32. The average molecular weight is 283 g/mol. The molecule has 5 nitrogen and oxygen atoms in total. The molecule has 1 aromatic heterocycles. The van der Waals surface area contributed by atoms with Crippen molar-refractivity contribution in [1.29, 1.82) is 0 Å². The van der Waals surface area contributed by atoms with Crippen molar-refractivity contribution in [2.45, 2.75) is 18.9 Å². The second-order valence-corrected chi connectivity index (χ2v) is 6.03. The van der Waals surface area contributed by atoms with Gasteiger partial charge in [0, 0.05) is 37.1 Å². The van der Waals surface area contributed by atoms with Crippen LogP contribution in [0.1, 0.15) is 11.3 Å². The quantitative estimate of drug-likeness (QED) is 0.812. The van der Waals surface area contributed by atoms with E-state index in [2.05, 4.69) is 28.4 Å². The topological polar surface area (TPSA) is 55.8 Å². The van der Waals surface area contributed by atoms with Gasteiger partial charge in [0.2, 0.25) is 0 Å². The smallest absolute Gasteiger partial charge is 0.304 e. The second kappa shape index (κ2) is 7.00. The number of rotatable bonds is 6. The second-order valence-electron chi connectivity index (χ2n) is 5.00. The molecular formula is C13H21N3O2S. The standard InChI is InChI=1S/C13H21N3O2S/c1-15-4-6-16(7-5-15)14-11(10-13(17)18)9-12-3-2-8-19-12/h2-3,8,11,14H,4-7,9-10H2,1H3,(H,17,18). The van der Waals surface area contributed by atoms with Gasteiger partial charge in [-0.15, -0.1) is 11.3 Å². The Morgan fingerprint density at radius 3 is 2.79 bits per heavy atom. The normalized spacial score (nSPS) is 19.4. The number of hydrazine groups is 1. The summed E-state index contributed by atoms with van der Waals surface area (Å²) >= 11 is 1.68. The molecule has 19 heavy (non-hydrogen) atoms. The number of thiophene rings is 1. The number of hydrogen-bond acceptors (Lipinski definition) is 5. The Balaban J connectivity index is 1.88. The molecule has 2 N–H and O–H groups in total. The molecule has 0 saturated carbocycles. The van der Waals surface area contributed by atoms with Crippen LogP contribution in [0.3, 0.4) is 0 Å². The van der Waals surface area contributed by atoms with E-state index in [0.29, 0.717) is 0 Å². The number of nitrogens with zero attached hydrogens (tertiary/aromatic N) is 2. The van der Waals surface area contributed by atoms with Gasteiger partial charge in [-0.05, 0) is 24.9 Å². The van der Waals surface area contributed by atoms with E-state index in [9.17, 15) is 4.79 Å². The molecule has 0 radical (unpaired) electrons. The van der Waals surface area contributed by atoms with Crippen molar-refractivity contribution >= 4 is 17.3 Å². The summed E-state index contributed by atoms with van der Waals surface area (Å²) in [5, 5.41) is 13.2. The minimum Gasteiger partial charge on any atom is -0.481 e. The molecule has 1 unspecified atom stereocenters. The number of carboxylic acid groups (broad SMARTS) is 1. The highest BCUT2D eigenvalue weighted by Gasteiger charge is 2.20. The molecule has 0 aromatic carbocycles. The minimum atomic E-state index is -0.747. The molecule has 1 aromatic rings. The molecule has 2 heterocycles. The van der Waals surface area contributed by atoms with E-state index in [4.69, 9.17) is 5.11 Å². The van der Waals surface area contributed by atoms with Crippen LogP contribution in [0.25, 0.3) is 0 Å². The highest BCUT2D eigenvalue weighted by atomic mass is 32.1. The van der Waals surface area contributed by atoms with Crippen molar-refractivity contribution in [3.8, 4) is 0 Å². The van der Waals surface area contributed by atoms with Gasteiger partial charge in [-0.2, -0.15) is 0 Å². The van der Waals surface area contributed by atoms with E-state index in [1.54, 1.807) is 11.3 Å². The molecule has 0 spiro atoms. The van der Waals surface area contributed by atoms with Gasteiger partial charge in [0.15, 0.2) is 0 Å². The lowest BCUT2D eigenvalue weighted by Crippen LogP contribution is -2.54. The number of carboxylic acids is 1. The molecule has 1 aliphatic heterocycles. The summed E-state index contributed by atoms with van der Waals surface area (Å²) in [5.41, 5.74) is 3.38. The number of piperazine rings is 1. The van der Waals surface area contributed by atoms with Crippen LogP contribution in [0.2, 0.25) is 0 Å². The average Bonchev–Trinajstić information content (AvgIpc) is 2.84. The fourth-order valence-electron chi connectivity index (χ4n) is 2.24. The molecule has 0 aliphatic carbocycles. The van der Waals surface area contributed by atoms with Gasteiger partial charge in [-0.3, -0.25) is 10.2 Å². The highest BCUT2D eigenvalue weighted by molar-refractivity contribution is 7.09. The zero-order valence-electron chi connectivity index (χ0n) is 11.2. The van der Waals surface area contributed by atoms with Crippen LogP contribution in [0.5, 0.6) is 0 Å². The fraction of sp³-hybridized carbons (Fsp3) is 0.615. The van der Waals surface area contributed by atoms with Gasteiger partial charge in [0.05, 0.1) is 6.42 Å². The van der Waals surface area contributed by atoms with E-state index < -0.39 is 5.97 Å². The third kappa shape index (κ3) is 4.91. The predicted octanol–water partition coefficient (Wildman–Crippen LogP) is 0.886. The maximum atomic E-state index is 11.0. The van der Waals surface area contributed by atoms with Crippen molar-refractivity contribution < 1.29 is 9.90 Å². The third-order valence-corrected chi connectivity index (χ3v) is 4.22.